The molecule has 1 aromatic heterocycles. The minimum absolute atomic E-state index is 0.152. The molecule has 1 aromatic carbocycles. The van der Waals surface area contributed by atoms with Crippen molar-refractivity contribution >= 4 is 11.9 Å². The van der Waals surface area contributed by atoms with Gasteiger partial charge in [-0.05, 0) is 24.3 Å². The van der Waals surface area contributed by atoms with Crippen molar-refractivity contribution in [2.45, 2.75) is 6.42 Å². The van der Waals surface area contributed by atoms with Gasteiger partial charge in [0.25, 0.3) is 0 Å². The van der Waals surface area contributed by atoms with Crippen LogP contribution >= 0.6 is 0 Å². The highest BCUT2D eigenvalue weighted by Gasteiger charge is 2.10. The molecule has 0 bridgehead atoms. The van der Waals surface area contributed by atoms with Crippen LogP contribution in [-0.2, 0) is 11.2 Å². The summed E-state index contributed by atoms with van der Waals surface area (Å²) >= 11 is 0. The van der Waals surface area contributed by atoms with Gasteiger partial charge in [-0.15, -0.1) is 5.10 Å². The van der Waals surface area contributed by atoms with E-state index < -0.39 is 11.9 Å². The Balaban J connectivity index is 2.34. The predicted octanol–water partition coefficient (Wildman–Crippen LogP) is 0.593. The fourth-order valence-electron chi connectivity index (χ4n) is 1.49. The van der Waals surface area contributed by atoms with Crippen LogP contribution in [0.15, 0.2) is 30.5 Å². The van der Waals surface area contributed by atoms with Gasteiger partial charge in [0.05, 0.1) is 29.6 Å². The maximum Gasteiger partial charge on any atom is 0.335 e. The third kappa shape index (κ3) is 2.34. The SMILES string of the molecule is O=C(O)Cc1cnnn1-c1ccc(C(=O)O)cc1. The Morgan fingerprint density at radius 2 is 1.83 bits per heavy atom. The summed E-state index contributed by atoms with van der Waals surface area (Å²) in [7, 11) is 0. The number of carbonyl (C=O) groups is 2. The Kier molecular flexibility index (Phi) is 3.05. The largest absolute Gasteiger partial charge is 0.481 e. The van der Waals surface area contributed by atoms with E-state index in [9.17, 15) is 9.59 Å². The number of aliphatic carboxylic acids is 1. The lowest BCUT2D eigenvalue weighted by Gasteiger charge is -2.04. The summed E-state index contributed by atoms with van der Waals surface area (Å²) in [5, 5.41) is 24.9. The third-order valence-electron chi connectivity index (χ3n) is 2.31. The Morgan fingerprint density at radius 1 is 1.17 bits per heavy atom. The highest BCUT2D eigenvalue weighted by Crippen LogP contribution is 2.11. The lowest BCUT2D eigenvalue weighted by Crippen LogP contribution is -2.08. The van der Waals surface area contributed by atoms with Crippen molar-refractivity contribution in [3.63, 3.8) is 0 Å². The van der Waals surface area contributed by atoms with Gasteiger partial charge in [-0.3, -0.25) is 4.79 Å². The normalized spacial score (nSPS) is 10.2. The molecule has 2 rings (SSSR count). The Labute approximate surface area is 101 Å². The van der Waals surface area contributed by atoms with Crippen molar-refractivity contribution in [1.82, 2.24) is 15.0 Å². The molecule has 0 atom stereocenters. The van der Waals surface area contributed by atoms with Crippen LogP contribution in [0.3, 0.4) is 0 Å². The number of nitrogens with zero attached hydrogens (tertiary/aromatic N) is 3. The summed E-state index contributed by atoms with van der Waals surface area (Å²) in [5.41, 5.74) is 1.14. The number of aromatic nitrogens is 3. The zero-order valence-electron chi connectivity index (χ0n) is 9.15. The molecular weight excluding hydrogens is 238 g/mol. The van der Waals surface area contributed by atoms with Crippen molar-refractivity contribution in [2.75, 3.05) is 0 Å². The summed E-state index contributed by atoms with van der Waals surface area (Å²) in [6.45, 7) is 0. The summed E-state index contributed by atoms with van der Waals surface area (Å²) in [6.07, 6.45) is 1.16. The molecule has 7 nitrogen and oxygen atoms in total. The number of carboxylic acid groups (broad SMARTS) is 2. The first-order valence-corrected chi connectivity index (χ1v) is 5.03. The fourth-order valence-corrected chi connectivity index (χ4v) is 1.49. The fraction of sp³-hybridized carbons (Fsp3) is 0.0909. The molecule has 0 spiro atoms. The van der Waals surface area contributed by atoms with E-state index in [1.165, 1.54) is 23.0 Å². The summed E-state index contributed by atoms with van der Waals surface area (Å²) in [6, 6.07) is 5.93. The molecule has 2 N–H and O–H groups in total. The van der Waals surface area contributed by atoms with Crippen LogP contribution < -0.4 is 0 Å². The molecule has 0 radical (unpaired) electrons. The molecule has 0 aliphatic carbocycles. The van der Waals surface area contributed by atoms with Crippen molar-refractivity contribution in [3.05, 3.63) is 41.7 Å². The predicted molar refractivity (Wildman–Crippen MR) is 59.7 cm³/mol. The van der Waals surface area contributed by atoms with Gasteiger partial charge in [-0.1, -0.05) is 5.21 Å². The van der Waals surface area contributed by atoms with Crippen molar-refractivity contribution in [2.24, 2.45) is 0 Å². The van der Waals surface area contributed by atoms with Gasteiger partial charge in [0.1, 0.15) is 0 Å². The molecule has 0 aliphatic rings. The van der Waals surface area contributed by atoms with E-state index in [-0.39, 0.29) is 12.0 Å². The summed E-state index contributed by atoms with van der Waals surface area (Å²) < 4.78 is 1.36. The average Bonchev–Trinajstić information content (AvgIpc) is 2.76. The number of hydrogen-bond donors (Lipinski definition) is 2. The number of hydrogen-bond acceptors (Lipinski definition) is 4. The van der Waals surface area contributed by atoms with Crippen LogP contribution in [0.2, 0.25) is 0 Å². The van der Waals surface area contributed by atoms with Gasteiger partial charge in [0, 0.05) is 0 Å². The Morgan fingerprint density at radius 3 is 2.39 bits per heavy atom. The van der Waals surface area contributed by atoms with E-state index in [0.717, 1.165) is 0 Å². The Hall–Kier alpha value is -2.70. The van der Waals surface area contributed by atoms with Crippen molar-refractivity contribution in [3.8, 4) is 5.69 Å². The average molecular weight is 247 g/mol. The first-order chi connectivity index (χ1) is 8.58. The van der Waals surface area contributed by atoms with E-state index in [4.69, 9.17) is 10.2 Å². The second-order valence-corrected chi connectivity index (χ2v) is 3.56. The molecule has 1 heterocycles. The molecule has 2 aromatic rings. The highest BCUT2D eigenvalue weighted by molar-refractivity contribution is 5.87. The number of rotatable bonds is 4. The molecule has 92 valence electrons. The highest BCUT2D eigenvalue weighted by atomic mass is 16.4. The zero-order chi connectivity index (χ0) is 13.1. The topological polar surface area (TPSA) is 105 Å². The van der Waals surface area contributed by atoms with Crippen molar-refractivity contribution in [1.29, 1.82) is 0 Å². The van der Waals surface area contributed by atoms with E-state index in [1.807, 2.05) is 0 Å². The molecule has 0 fully saturated rings. The lowest BCUT2D eigenvalue weighted by atomic mass is 10.2. The molecule has 0 amide bonds. The molecule has 0 saturated carbocycles. The van der Waals surface area contributed by atoms with E-state index in [0.29, 0.717) is 11.4 Å². The number of benzene rings is 1. The minimum Gasteiger partial charge on any atom is -0.481 e. The molecule has 18 heavy (non-hydrogen) atoms. The first kappa shape index (κ1) is 11.8. The summed E-state index contributed by atoms with van der Waals surface area (Å²) in [4.78, 5) is 21.3. The van der Waals surface area contributed by atoms with Gasteiger partial charge in [-0.2, -0.15) is 0 Å². The molecular formula is C11H9N3O4. The first-order valence-electron chi connectivity index (χ1n) is 5.03. The molecule has 7 heteroatoms. The van der Waals surface area contributed by atoms with E-state index >= 15 is 0 Å². The van der Waals surface area contributed by atoms with Crippen LogP contribution in [-0.4, -0.2) is 37.1 Å². The van der Waals surface area contributed by atoms with Gasteiger partial charge < -0.3 is 10.2 Å². The second kappa shape index (κ2) is 4.66. The van der Waals surface area contributed by atoms with Crippen LogP contribution in [0.25, 0.3) is 5.69 Å². The van der Waals surface area contributed by atoms with E-state index in [2.05, 4.69) is 10.3 Å². The maximum atomic E-state index is 10.7. The zero-order valence-corrected chi connectivity index (χ0v) is 9.15. The van der Waals surface area contributed by atoms with Crippen LogP contribution in [0, 0.1) is 0 Å². The van der Waals surface area contributed by atoms with Gasteiger partial charge in [0.15, 0.2) is 0 Å². The smallest absolute Gasteiger partial charge is 0.335 e. The number of carboxylic acids is 2. The van der Waals surface area contributed by atoms with E-state index in [1.54, 1.807) is 12.1 Å². The molecule has 0 aliphatic heterocycles. The number of aromatic carboxylic acids is 1. The molecule has 0 unspecified atom stereocenters. The molecule has 0 saturated heterocycles. The van der Waals surface area contributed by atoms with Crippen LogP contribution in [0.1, 0.15) is 16.1 Å². The van der Waals surface area contributed by atoms with Gasteiger partial charge >= 0.3 is 11.9 Å². The monoisotopic (exact) mass is 247 g/mol. The van der Waals surface area contributed by atoms with Crippen LogP contribution in [0.5, 0.6) is 0 Å². The van der Waals surface area contributed by atoms with Gasteiger partial charge in [-0.25, -0.2) is 9.48 Å². The Bertz CT molecular complexity index is 589. The summed E-state index contributed by atoms with van der Waals surface area (Å²) in [5.74, 6) is -2.01. The minimum atomic E-state index is -1.02. The standard InChI is InChI=1S/C11H9N3O4/c15-10(16)5-9-6-12-13-14(9)8-3-1-7(2-4-8)11(17)18/h1-4,6H,5H2,(H,15,16)(H,17,18). The van der Waals surface area contributed by atoms with Gasteiger partial charge in [0.2, 0.25) is 0 Å². The quantitative estimate of drug-likeness (QED) is 0.819. The lowest BCUT2D eigenvalue weighted by molar-refractivity contribution is -0.136. The second-order valence-electron chi connectivity index (χ2n) is 3.56. The van der Waals surface area contributed by atoms with Crippen LogP contribution in [0.4, 0.5) is 0 Å². The third-order valence-corrected chi connectivity index (χ3v) is 2.31. The maximum absolute atomic E-state index is 10.7. The van der Waals surface area contributed by atoms with Crippen molar-refractivity contribution < 1.29 is 19.8 Å².